The van der Waals surface area contributed by atoms with Gasteiger partial charge in [0.2, 0.25) is 0 Å². The van der Waals surface area contributed by atoms with Crippen molar-refractivity contribution < 1.29 is 29.4 Å². The lowest BCUT2D eigenvalue weighted by molar-refractivity contribution is -0.139. The van der Waals surface area contributed by atoms with Crippen molar-refractivity contribution in [3.05, 3.63) is 70.8 Å². The molecule has 2 rings (SSSR count). The van der Waals surface area contributed by atoms with Crippen LogP contribution in [0.4, 0.5) is 0 Å². The fourth-order valence-corrected chi connectivity index (χ4v) is 2.03. The van der Waals surface area contributed by atoms with E-state index in [4.69, 9.17) is 10.2 Å². The zero-order chi connectivity index (χ0) is 20.5. The van der Waals surface area contributed by atoms with Crippen molar-refractivity contribution in [2.75, 3.05) is 0 Å². The molecule has 0 heterocycles. The molecule has 0 bridgehead atoms. The summed E-state index contributed by atoms with van der Waals surface area (Å²) in [6, 6.07) is 11.9. The van der Waals surface area contributed by atoms with Crippen molar-refractivity contribution in [3.8, 4) is 0 Å². The normalized spacial score (nSPS) is 10.7. The number of aromatic carboxylic acids is 2. The second kappa shape index (κ2) is 9.38. The lowest BCUT2D eigenvalue weighted by Crippen LogP contribution is -2.35. The third-order valence-electron chi connectivity index (χ3n) is 3.33. The Hall–Kier alpha value is -4.34. The molecule has 0 aromatic heterocycles. The van der Waals surface area contributed by atoms with Gasteiger partial charge in [0, 0.05) is 11.1 Å². The summed E-state index contributed by atoms with van der Waals surface area (Å²) in [5, 5.41) is 25.1. The third kappa shape index (κ3) is 5.33. The average molecular weight is 382 g/mol. The minimum absolute atomic E-state index is 0.0216. The molecular formula is C18H14N4O6. The van der Waals surface area contributed by atoms with E-state index in [1.807, 2.05) is 10.9 Å². The number of rotatable bonds is 6. The van der Waals surface area contributed by atoms with Crippen LogP contribution in [0.5, 0.6) is 0 Å². The molecule has 2 amide bonds. The number of amides is 2. The number of carbonyl (C=O) groups excluding carboxylic acids is 2. The van der Waals surface area contributed by atoms with E-state index >= 15 is 0 Å². The summed E-state index contributed by atoms with van der Waals surface area (Å²) in [6.07, 6.45) is 2.17. The van der Waals surface area contributed by atoms with Crippen LogP contribution in [-0.4, -0.2) is 46.4 Å². The summed E-state index contributed by atoms with van der Waals surface area (Å²) >= 11 is 0. The highest BCUT2D eigenvalue weighted by atomic mass is 16.4. The molecule has 0 radical (unpaired) electrons. The molecule has 2 aromatic rings. The highest BCUT2D eigenvalue weighted by molar-refractivity contribution is 6.35. The van der Waals surface area contributed by atoms with Crippen LogP contribution in [0, 0.1) is 0 Å². The topological polar surface area (TPSA) is 158 Å². The van der Waals surface area contributed by atoms with Crippen LogP contribution in [0.1, 0.15) is 31.8 Å². The molecule has 2 aromatic carbocycles. The van der Waals surface area contributed by atoms with Gasteiger partial charge in [-0.05, 0) is 12.1 Å². The molecule has 4 N–H and O–H groups in total. The standard InChI is InChI=1S/C18H14N4O6/c23-15(21-19-9-11-5-1-3-7-13(11)17(25)26)16(24)22-20-10-12-6-2-4-8-14(12)18(27)28/h1-10H,(H,21,23)(H,22,24)(H,25,26)(H,27,28)/b19-9-,20-10-. The molecule has 0 unspecified atom stereocenters. The van der Waals surface area contributed by atoms with E-state index in [9.17, 15) is 19.2 Å². The first-order chi connectivity index (χ1) is 13.4. The molecule has 0 saturated carbocycles. The summed E-state index contributed by atoms with van der Waals surface area (Å²) in [7, 11) is 0. The zero-order valence-electron chi connectivity index (χ0n) is 14.2. The Morgan fingerprint density at radius 2 is 1.04 bits per heavy atom. The lowest BCUT2D eigenvalue weighted by atomic mass is 10.1. The Balaban J connectivity index is 1.95. The molecular weight excluding hydrogens is 368 g/mol. The van der Waals surface area contributed by atoms with Gasteiger partial charge in [0.15, 0.2) is 0 Å². The van der Waals surface area contributed by atoms with Gasteiger partial charge in [-0.3, -0.25) is 9.59 Å². The molecule has 0 fully saturated rings. The Kier molecular flexibility index (Phi) is 6.69. The number of nitrogens with zero attached hydrogens (tertiary/aromatic N) is 2. The average Bonchev–Trinajstić information content (AvgIpc) is 2.68. The number of benzene rings is 2. The molecule has 142 valence electrons. The summed E-state index contributed by atoms with van der Waals surface area (Å²) in [5.74, 6) is -4.62. The van der Waals surface area contributed by atoms with E-state index < -0.39 is 23.8 Å². The highest BCUT2D eigenvalue weighted by Gasteiger charge is 2.12. The number of carboxylic acid groups (broad SMARTS) is 2. The van der Waals surface area contributed by atoms with Gasteiger partial charge in [-0.15, -0.1) is 0 Å². The van der Waals surface area contributed by atoms with Crippen LogP contribution in [0.3, 0.4) is 0 Å². The molecule has 0 aliphatic rings. The maximum atomic E-state index is 11.6. The highest BCUT2D eigenvalue weighted by Crippen LogP contribution is 2.06. The lowest BCUT2D eigenvalue weighted by Gasteiger charge is -2.01. The fourth-order valence-electron chi connectivity index (χ4n) is 2.03. The molecule has 0 saturated heterocycles. The van der Waals surface area contributed by atoms with Gasteiger partial charge in [-0.25, -0.2) is 20.4 Å². The largest absolute Gasteiger partial charge is 0.478 e. The van der Waals surface area contributed by atoms with Gasteiger partial charge in [0.25, 0.3) is 0 Å². The van der Waals surface area contributed by atoms with Crippen molar-refractivity contribution in [1.29, 1.82) is 0 Å². The monoisotopic (exact) mass is 382 g/mol. The first-order valence-electron chi connectivity index (χ1n) is 7.71. The van der Waals surface area contributed by atoms with Gasteiger partial charge in [0.05, 0.1) is 23.6 Å². The van der Waals surface area contributed by atoms with E-state index in [2.05, 4.69) is 10.2 Å². The van der Waals surface area contributed by atoms with Crippen molar-refractivity contribution in [3.63, 3.8) is 0 Å². The number of carboxylic acids is 2. The molecule has 0 aliphatic heterocycles. The minimum Gasteiger partial charge on any atom is -0.478 e. The summed E-state index contributed by atoms with van der Waals surface area (Å²) in [6.45, 7) is 0. The summed E-state index contributed by atoms with van der Waals surface area (Å²) in [4.78, 5) is 45.4. The maximum Gasteiger partial charge on any atom is 0.336 e. The zero-order valence-corrected chi connectivity index (χ0v) is 14.2. The van der Waals surface area contributed by atoms with E-state index in [0.29, 0.717) is 0 Å². The van der Waals surface area contributed by atoms with Crippen molar-refractivity contribution >= 4 is 36.2 Å². The Bertz CT molecular complexity index is 904. The SMILES string of the molecule is O=C(N/N=C\c1ccccc1C(=O)O)C(=O)N/N=C\c1ccccc1C(=O)O. The molecule has 10 nitrogen and oxygen atoms in total. The summed E-state index contributed by atoms with van der Waals surface area (Å²) < 4.78 is 0. The summed E-state index contributed by atoms with van der Waals surface area (Å²) in [5.41, 5.74) is 4.29. The molecule has 10 heteroatoms. The van der Waals surface area contributed by atoms with Crippen LogP contribution in [-0.2, 0) is 9.59 Å². The van der Waals surface area contributed by atoms with Gasteiger partial charge >= 0.3 is 23.8 Å². The fraction of sp³-hybridized carbons (Fsp3) is 0. The number of hydrogen-bond donors (Lipinski definition) is 4. The van der Waals surface area contributed by atoms with Gasteiger partial charge in [-0.1, -0.05) is 36.4 Å². The van der Waals surface area contributed by atoms with Crippen molar-refractivity contribution in [2.24, 2.45) is 10.2 Å². The Morgan fingerprint density at radius 1 is 0.679 bits per heavy atom. The second-order valence-corrected chi connectivity index (χ2v) is 5.18. The Labute approximate surface area is 158 Å². The quantitative estimate of drug-likeness (QED) is 0.327. The van der Waals surface area contributed by atoms with Crippen LogP contribution in [0.15, 0.2) is 58.7 Å². The predicted molar refractivity (Wildman–Crippen MR) is 98.3 cm³/mol. The van der Waals surface area contributed by atoms with Gasteiger partial charge in [0.1, 0.15) is 0 Å². The Morgan fingerprint density at radius 3 is 1.39 bits per heavy atom. The second-order valence-electron chi connectivity index (χ2n) is 5.18. The third-order valence-corrected chi connectivity index (χ3v) is 3.33. The molecule has 0 spiro atoms. The molecule has 0 aliphatic carbocycles. The van der Waals surface area contributed by atoms with E-state index in [0.717, 1.165) is 12.4 Å². The predicted octanol–water partition coefficient (Wildman–Crippen LogP) is 0.683. The van der Waals surface area contributed by atoms with Crippen molar-refractivity contribution in [1.82, 2.24) is 10.9 Å². The number of hydrazone groups is 2. The van der Waals surface area contributed by atoms with Gasteiger partial charge in [-0.2, -0.15) is 10.2 Å². The van der Waals surface area contributed by atoms with Crippen LogP contribution in [0.25, 0.3) is 0 Å². The molecule has 0 atom stereocenters. The van der Waals surface area contributed by atoms with E-state index in [1.54, 1.807) is 12.1 Å². The number of nitrogens with one attached hydrogen (secondary N) is 2. The van der Waals surface area contributed by atoms with Crippen LogP contribution in [0.2, 0.25) is 0 Å². The number of carbonyl (C=O) groups is 4. The maximum absolute atomic E-state index is 11.6. The first-order valence-corrected chi connectivity index (χ1v) is 7.71. The van der Waals surface area contributed by atoms with E-state index in [1.165, 1.54) is 36.4 Å². The number of hydrogen-bond acceptors (Lipinski definition) is 6. The van der Waals surface area contributed by atoms with Crippen LogP contribution >= 0.6 is 0 Å². The molecule has 28 heavy (non-hydrogen) atoms. The smallest absolute Gasteiger partial charge is 0.336 e. The minimum atomic E-state index is -1.16. The first kappa shape index (κ1) is 20.0. The van der Waals surface area contributed by atoms with Crippen molar-refractivity contribution in [2.45, 2.75) is 0 Å². The van der Waals surface area contributed by atoms with Gasteiger partial charge < -0.3 is 10.2 Å². The van der Waals surface area contributed by atoms with Crippen LogP contribution < -0.4 is 10.9 Å². The van der Waals surface area contributed by atoms with E-state index in [-0.39, 0.29) is 22.3 Å².